The minimum Gasteiger partial charge on any atom is -0.473 e. The smallest absolute Gasteiger partial charge is 0.337 e. The Kier molecular flexibility index (Phi) is 8.87. The molecule has 0 amide bonds. The van der Waals surface area contributed by atoms with E-state index in [4.69, 9.17) is 19.2 Å². The maximum atomic E-state index is 15.5. The maximum Gasteiger partial charge on any atom is 0.337 e. The average molecular weight is 582 g/mol. The predicted molar refractivity (Wildman–Crippen MR) is 165 cm³/mol. The summed E-state index contributed by atoms with van der Waals surface area (Å²) in [6.45, 7) is 7.88. The van der Waals surface area contributed by atoms with Gasteiger partial charge in [-0.3, -0.25) is 0 Å². The first-order valence-corrected chi connectivity index (χ1v) is 14.2. The van der Waals surface area contributed by atoms with Gasteiger partial charge in [0.15, 0.2) is 0 Å². The van der Waals surface area contributed by atoms with E-state index in [0.29, 0.717) is 59.4 Å². The number of imidazole rings is 1. The van der Waals surface area contributed by atoms with Crippen LogP contribution in [0.1, 0.15) is 53.6 Å². The van der Waals surface area contributed by atoms with Gasteiger partial charge in [0.2, 0.25) is 5.88 Å². The minimum absolute atomic E-state index is 0.0506. The molecule has 43 heavy (non-hydrogen) atoms. The van der Waals surface area contributed by atoms with Gasteiger partial charge in [-0.25, -0.2) is 19.2 Å². The number of halogens is 1. The van der Waals surface area contributed by atoms with Crippen LogP contribution in [0.4, 0.5) is 4.39 Å². The molecule has 0 aliphatic heterocycles. The van der Waals surface area contributed by atoms with Crippen LogP contribution in [0, 0.1) is 5.82 Å². The first-order chi connectivity index (χ1) is 20.7. The summed E-state index contributed by atoms with van der Waals surface area (Å²) in [7, 11) is 2.97. The van der Waals surface area contributed by atoms with Crippen LogP contribution in [0.3, 0.4) is 0 Å². The molecule has 8 heteroatoms. The summed E-state index contributed by atoms with van der Waals surface area (Å²) in [5.74, 6) is 0.360. The standard InChI is InChI=1S/C35H36FN3O4/c1-35(2,3)27-9-6-8-23(18-27)22-43-33-11-7-10-29(38-33)25-13-12-24(28(36)19-25)21-32-37-30-15-14-26(34(40)42-5)20-31(30)39(32)16-17-41-4/h6-15,18-20H,16-17,21-22H2,1-5H3. The molecule has 0 atom stereocenters. The van der Waals surface area contributed by atoms with Gasteiger partial charge >= 0.3 is 5.97 Å². The molecule has 222 valence electrons. The fourth-order valence-electron chi connectivity index (χ4n) is 4.95. The van der Waals surface area contributed by atoms with Crippen LogP contribution in [-0.2, 0) is 34.5 Å². The number of ether oxygens (including phenoxy) is 3. The molecule has 0 saturated carbocycles. The second-order valence-electron chi connectivity index (χ2n) is 11.5. The molecule has 0 N–H and O–H groups in total. The average Bonchev–Trinajstić information content (AvgIpc) is 3.35. The van der Waals surface area contributed by atoms with Gasteiger partial charge in [0.05, 0.1) is 36.0 Å². The molecular weight excluding hydrogens is 545 g/mol. The molecule has 3 aromatic carbocycles. The summed E-state index contributed by atoms with van der Waals surface area (Å²) in [6.07, 6.45) is 0.266. The molecule has 2 heterocycles. The number of benzene rings is 3. The molecule has 0 saturated heterocycles. The number of methoxy groups -OCH3 is 2. The Labute approximate surface area is 251 Å². The van der Waals surface area contributed by atoms with Crippen molar-refractivity contribution in [3.05, 3.63) is 113 Å². The van der Waals surface area contributed by atoms with E-state index in [0.717, 1.165) is 11.1 Å². The lowest BCUT2D eigenvalue weighted by Gasteiger charge is -2.19. The van der Waals surface area contributed by atoms with Crippen molar-refractivity contribution in [2.75, 3.05) is 20.8 Å². The number of carbonyl (C=O) groups excluding carboxylic acids is 1. The molecule has 0 aliphatic carbocycles. The number of hydrogen-bond acceptors (Lipinski definition) is 6. The van der Waals surface area contributed by atoms with E-state index in [2.05, 4.69) is 37.9 Å². The van der Waals surface area contributed by atoms with Gasteiger partial charge in [-0.15, -0.1) is 0 Å². The number of rotatable bonds is 10. The number of esters is 1. The summed E-state index contributed by atoms with van der Waals surface area (Å²) >= 11 is 0. The molecule has 7 nitrogen and oxygen atoms in total. The highest BCUT2D eigenvalue weighted by molar-refractivity contribution is 5.93. The Morgan fingerprint density at radius 2 is 1.74 bits per heavy atom. The number of hydrogen-bond donors (Lipinski definition) is 0. The van der Waals surface area contributed by atoms with Crippen LogP contribution < -0.4 is 4.74 Å². The van der Waals surface area contributed by atoms with E-state index in [1.54, 1.807) is 37.4 Å². The highest BCUT2D eigenvalue weighted by Gasteiger charge is 2.17. The fraction of sp³-hybridized carbons (Fsp3) is 0.286. The van der Waals surface area contributed by atoms with E-state index in [9.17, 15) is 4.79 Å². The Morgan fingerprint density at radius 1 is 0.930 bits per heavy atom. The zero-order valence-corrected chi connectivity index (χ0v) is 25.2. The van der Waals surface area contributed by atoms with E-state index in [1.165, 1.54) is 18.7 Å². The SMILES string of the molecule is COCCn1c(Cc2ccc(-c3cccc(OCc4cccc(C(C)(C)C)c4)n3)cc2F)nc2ccc(C(=O)OC)cc21. The van der Waals surface area contributed by atoms with Crippen molar-refractivity contribution in [3.63, 3.8) is 0 Å². The van der Waals surface area contributed by atoms with E-state index < -0.39 is 5.97 Å². The number of nitrogens with zero attached hydrogens (tertiary/aromatic N) is 3. The fourth-order valence-corrected chi connectivity index (χ4v) is 4.95. The third-order valence-electron chi connectivity index (χ3n) is 7.37. The van der Waals surface area contributed by atoms with Gasteiger partial charge in [0, 0.05) is 31.7 Å². The van der Waals surface area contributed by atoms with Gasteiger partial charge in [-0.05, 0) is 52.4 Å². The summed E-state index contributed by atoms with van der Waals surface area (Å²) in [5.41, 5.74) is 6.02. The molecule has 0 aliphatic rings. The van der Waals surface area contributed by atoms with E-state index in [-0.39, 0.29) is 17.7 Å². The van der Waals surface area contributed by atoms with Gasteiger partial charge in [-0.1, -0.05) is 63.2 Å². The van der Waals surface area contributed by atoms with Crippen molar-refractivity contribution in [3.8, 4) is 17.1 Å². The van der Waals surface area contributed by atoms with Crippen molar-refractivity contribution in [2.45, 2.75) is 45.8 Å². The highest BCUT2D eigenvalue weighted by Crippen LogP contribution is 2.27. The number of aromatic nitrogens is 3. The van der Waals surface area contributed by atoms with Gasteiger partial charge in [-0.2, -0.15) is 0 Å². The lowest BCUT2D eigenvalue weighted by atomic mass is 9.86. The minimum atomic E-state index is -0.428. The molecule has 2 aromatic heterocycles. The molecular formula is C35H36FN3O4. The van der Waals surface area contributed by atoms with Gasteiger partial charge in [0.25, 0.3) is 0 Å². The lowest BCUT2D eigenvalue weighted by Crippen LogP contribution is -2.11. The van der Waals surface area contributed by atoms with E-state index in [1.807, 2.05) is 34.9 Å². The number of pyridine rings is 1. The van der Waals surface area contributed by atoms with Crippen molar-refractivity contribution in [2.24, 2.45) is 0 Å². The van der Waals surface area contributed by atoms with Crippen molar-refractivity contribution in [1.29, 1.82) is 0 Å². The zero-order valence-electron chi connectivity index (χ0n) is 25.2. The van der Waals surface area contributed by atoms with Gasteiger partial charge < -0.3 is 18.8 Å². The van der Waals surface area contributed by atoms with Crippen molar-refractivity contribution >= 4 is 17.0 Å². The second kappa shape index (κ2) is 12.8. The molecule has 5 aromatic rings. The van der Waals surface area contributed by atoms with Crippen LogP contribution in [0.2, 0.25) is 0 Å². The van der Waals surface area contributed by atoms with Crippen LogP contribution in [0.15, 0.2) is 78.9 Å². The second-order valence-corrected chi connectivity index (χ2v) is 11.5. The maximum absolute atomic E-state index is 15.5. The molecule has 0 spiro atoms. The Balaban J connectivity index is 1.35. The quantitative estimate of drug-likeness (QED) is 0.163. The number of fused-ring (bicyclic) bond motifs is 1. The Bertz CT molecular complexity index is 1760. The van der Waals surface area contributed by atoms with Crippen LogP contribution in [0.5, 0.6) is 5.88 Å². The summed E-state index contributed by atoms with van der Waals surface area (Å²) in [6, 6.07) is 24.2. The highest BCUT2D eigenvalue weighted by atomic mass is 19.1. The van der Waals surface area contributed by atoms with Crippen molar-refractivity contribution < 1.29 is 23.4 Å². The van der Waals surface area contributed by atoms with Crippen LogP contribution in [-0.4, -0.2) is 41.3 Å². The largest absolute Gasteiger partial charge is 0.473 e. The first-order valence-electron chi connectivity index (χ1n) is 14.2. The Hall–Kier alpha value is -4.56. The number of carbonyl (C=O) groups is 1. The molecule has 0 unspecified atom stereocenters. The van der Waals surface area contributed by atoms with Crippen LogP contribution >= 0.6 is 0 Å². The zero-order chi connectivity index (χ0) is 30.6. The third kappa shape index (κ3) is 6.92. The lowest BCUT2D eigenvalue weighted by molar-refractivity contribution is 0.0601. The normalized spacial score (nSPS) is 11.6. The molecule has 0 bridgehead atoms. The van der Waals surface area contributed by atoms with Gasteiger partial charge in [0.1, 0.15) is 18.2 Å². The monoisotopic (exact) mass is 581 g/mol. The van der Waals surface area contributed by atoms with Crippen molar-refractivity contribution in [1.82, 2.24) is 14.5 Å². The molecule has 5 rings (SSSR count). The topological polar surface area (TPSA) is 75.5 Å². The van der Waals surface area contributed by atoms with E-state index >= 15 is 4.39 Å². The summed E-state index contributed by atoms with van der Waals surface area (Å²) in [5, 5.41) is 0. The Morgan fingerprint density at radius 3 is 2.49 bits per heavy atom. The summed E-state index contributed by atoms with van der Waals surface area (Å²) < 4.78 is 33.6. The van der Waals surface area contributed by atoms with Crippen LogP contribution in [0.25, 0.3) is 22.3 Å². The predicted octanol–water partition coefficient (Wildman–Crippen LogP) is 7.14. The summed E-state index contributed by atoms with van der Waals surface area (Å²) in [4.78, 5) is 21.5. The molecule has 0 radical (unpaired) electrons. The third-order valence-corrected chi connectivity index (χ3v) is 7.37. The first kappa shape index (κ1) is 29.9. The molecule has 0 fully saturated rings.